The third-order valence-corrected chi connectivity index (χ3v) is 6.72. The fraction of sp³-hybridized carbons (Fsp3) is 0.533. The molecule has 0 bridgehead atoms. The van der Waals surface area contributed by atoms with E-state index in [1.54, 1.807) is 0 Å². The van der Waals surface area contributed by atoms with E-state index in [1.165, 1.54) is 69.7 Å². The van der Waals surface area contributed by atoms with E-state index in [0.29, 0.717) is 6.54 Å². The van der Waals surface area contributed by atoms with E-state index in [4.69, 9.17) is 4.98 Å². The number of para-hydroxylation sites is 2. The number of fused-ring (bicyclic) bond motifs is 1. The predicted molar refractivity (Wildman–Crippen MR) is 143 cm³/mol. The molecule has 1 aromatic heterocycles. The van der Waals surface area contributed by atoms with E-state index < -0.39 is 0 Å². The van der Waals surface area contributed by atoms with Gasteiger partial charge in [0, 0.05) is 25.1 Å². The molecule has 1 N–H and O–H groups in total. The van der Waals surface area contributed by atoms with Gasteiger partial charge in [-0.3, -0.25) is 4.79 Å². The van der Waals surface area contributed by atoms with E-state index in [9.17, 15) is 4.79 Å². The summed E-state index contributed by atoms with van der Waals surface area (Å²) >= 11 is 0. The van der Waals surface area contributed by atoms with Crippen LogP contribution < -0.4 is 5.32 Å². The van der Waals surface area contributed by atoms with Crippen LogP contribution in [0.4, 0.5) is 0 Å². The van der Waals surface area contributed by atoms with Gasteiger partial charge in [0.15, 0.2) is 0 Å². The van der Waals surface area contributed by atoms with Crippen LogP contribution in [-0.2, 0) is 13.0 Å². The summed E-state index contributed by atoms with van der Waals surface area (Å²) in [6.45, 7) is 5.95. The van der Waals surface area contributed by atoms with E-state index in [0.717, 1.165) is 41.9 Å². The number of unbranched alkanes of at least 4 members (excludes halogenated alkanes) is 9. The molecule has 34 heavy (non-hydrogen) atoms. The van der Waals surface area contributed by atoms with Crippen LogP contribution in [-0.4, -0.2) is 22.0 Å². The first kappa shape index (κ1) is 26.0. The van der Waals surface area contributed by atoms with Gasteiger partial charge < -0.3 is 9.88 Å². The Bertz CT molecular complexity index is 1010. The Kier molecular flexibility index (Phi) is 11.2. The van der Waals surface area contributed by atoms with Gasteiger partial charge in [0.25, 0.3) is 5.91 Å². The summed E-state index contributed by atoms with van der Waals surface area (Å²) in [5.74, 6) is 1.15. The number of hydrogen-bond acceptors (Lipinski definition) is 2. The Labute approximate surface area is 206 Å². The number of amides is 1. The van der Waals surface area contributed by atoms with Crippen molar-refractivity contribution >= 4 is 16.9 Å². The van der Waals surface area contributed by atoms with Gasteiger partial charge in [-0.05, 0) is 43.5 Å². The number of aromatic nitrogens is 2. The van der Waals surface area contributed by atoms with Crippen molar-refractivity contribution in [2.45, 2.75) is 97.4 Å². The van der Waals surface area contributed by atoms with Crippen molar-refractivity contribution in [2.75, 3.05) is 6.54 Å². The van der Waals surface area contributed by atoms with Gasteiger partial charge in [-0.1, -0.05) is 95.0 Å². The zero-order valence-corrected chi connectivity index (χ0v) is 21.3. The van der Waals surface area contributed by atoms with Crippen LogP contribution in [0.3, 0.4) is 0 Å². The first-order valence-electron chi connectivity index (χ1n) is 13.5. The molecule has 4 heteroatoms. The third kappa shape index (κ3) is 8.00. The number of hydrogen-bond donors (Lipinski definition) is 1. The molecule has 2 aromatic carbocycles. The average molecular weight is 462 g/mol. The maximum Gasteiger partial charge on any atom is 0.251 e. The molecule has 0 atom stereocenters. The second kappa shape index (κ2) is 14.6. The van der Waals surface area contributed by atoms with Crippen molar-refractivity contribution in [1.29, 1.82) is 0 Å². The molecular weight excluding hydrogens is 418 g/mol. The summed E-state index contributed by atoms with van der Waals surface area (Å²) in [5.41, 5.74) is 4.08. The van der Waals surface area contributed by atoms with Crippen molar-refractivity contribution in [3.8, 4) is 0 Å². The molecule has 0 unspecified atom stereocenters. The Hall–Kier alpha value is -2.62. The zero-order chi connectivity index (χ0) is 24.0. The van der Waals surface area contributed by atoms with Crippen molar-refractivity contribution in [2.24, 2.45) is 0 Å². The molecule has 1 amide bonds. The SMILES string of the molecule is CCCCCCCCCCCCn1c(CCCNC(=O)c2ccccc2C)nc2ccccc21. The number of carbonyl (C=O) groups is 1. The van der Waals surface area contributed by atoms with Gasteiger partial charge in [0.1, 0.15) is 5.82 Å². The molecule has 3 rings (SSSR count). The highest BCUT2D eigenvalue weighted by Gasteiger charge is 2.11. The lowest BCUT2D eigenvalue weighted by Gasteiger charge is -2.10. The Morgan fingerprint density at radius 3 is 2.21 bits per heavy atom. The van der Waals surface area contributed by atoms with Crippen molar-refractivity contribution in [3.05, 3.63) is 65.5 Å². The maximum absolute atomic E-state index is 12.5. The summed E-state index contributed by atoms with van der Waals surface area (Å²) in [7, 11) is 0. The van der Waals surface area contributed by atoms with Gasteiger partial charge in [0.05, 0.1) is 11.0 Å². The Morgan fingerprint density at radius 2 is 1.47 bits per heavy atom. The molecule has 4 nitrogen and oxygen atoms in total. The van der Waals surface area contributed by atoms with Gasteiger partial charge >= 0.3 is 0 Å². The van der Waals surface area contributed by atoms with E-state index in [2.05, 4.69) is 41.1 Å². The highest BCUT2D eigenvalue weighted by molar-refractivity contribution is 5.95. The lowest BCUT2D eigenvalue weighted by Crippen LogP contribution is -2.25. The second-order valence-electron chi connectivity index (χ2n) is 9.52. The molecule has 0 aliphatic heterocycles. The number of nitrogens with zero attached hydrogens (tertiary/aromatic N) is 2. The maximum atomic E-state index is 12.5. The van der Waals surface area contributed by atoms with Crippen LogP contribution in [0.1, 0.15) is 99.3 Å². The van der Waals surface area contributed by atoms with Crippen LogP contribution in [0.2, 0.25) is 0 Å². The molecule has 0 spiro atoms. The second-order valence-corrected chi connectivity index (χ2v) is 9.52. The molecule has 0 aliphatic rings. The molecule has 0 saturated heterocycles. The highest BCUT2D eigenvalue weighted by Crippen LogP contribution is 2.19. The summed E-state index contributed by atoms with van der Waals surface area (Å²) in [6, 6.07) is 16.2. The first-order chi connectivity index (χ1) is 16.7. The molecule has 184 valence electrons. The Balaban J connectivity index is 1.43. The average Bonchev–Trinajstić information content (AvgIpc) is 3.20. The minimum Gasteiger partial charge on any atom is -0.352 e. The lowest BCUT2D eigenvalue weighted by atomic mass is 10.1. The minimum absolute atomic E-state index is 0.0111. The standard InChI is InChI=1S/C30H43N3O/c1-3-4-5-6-7-8-9-10-11-16-24-33-28-21-15-14-20-27(28)32-29(33)22-17-23-31-30(34)26-19-13-12-18-25(26)2/h12-15,18-21H,3-11,16-17,22-24H2,1-2H3,(H,31,34). The van der Waals surface area contributed by atoms with Crippen molar-refractivity contribution < 1.29 is 4.79 Å². The highest BCUT2D eigenvalue weighted by atomic mass is 16.1. The van der Waals surface area contributed by atoms with Gasteiger partial charge in [-0.25, -0.2) is 4.98 Å². The Morgan fingerprint density at radius 1 is 0.824 bits per heavy atom. The number of rotatable bonds is 16. The number of imidazole rings is 1. The summed E-state index contributed by atoms with van der Waals surface area (Å²) in [4.78, 5) is 17.4. The molecule has 3 aromatic rings. The van der Waals surface area contributed by atoms with Crippen LogP contribution in [0.15, 0.2) is 48.5 Å². The quantitative estimate of drug-likeness (QED) is 0.223. The fourth-order valence-corrected chi connectivity index (χ4v) is 4.69. The van der Waals surface area contributed by atoms with Crippen molar-refractivity contribution in [1.82, 2.24) is 14.9 Å². The number of benzene rings is 2. The normalized spacial score (nSPS) is 11.2. The van der Waals surface area contributed by atoms with Crippen LogP contribution in [0.25, 0.3) is 11.0 Å². The molecule has 0 saturated carbocycles. The molecular formula is C30H43N3O. The largest absolute Gasteiger partial charge is 0.352 e. The van der Waals surface area contributed by atoms with E-state index >= 15 is 0 Å². The van der Waals surface area contributed by atoms with Crippen LogP contribution >= 0.6 is 0 Å². The number of aryl methyl sites for hydroxylation is 3. The molecule has 0 radical (unpaired) electrons. The summed E-state index contributed by atoms with van der Waals surface area (Å²) in [5, 5.41) is 3.08. The summed E-state index contributed by atoms with van der Waals surface area (Å²) in [6.07, 6.45) is 15.3. The van der Waals surface area contributed by atoms with Crippen LogP contribution in [0, 0.1) is 6.92 Å². The minimum atomic E-state index is 0.0111. The van der Waals surface area contributed by atoms with Gasteiger partial charge in [-0.15, -0.1) is 0 Å². The lowest BCUT2D eigenvalue weighted by molar-refractivity contribution is 0.0952. The van der Waals surface area contributed by atoms with E-state index in [1.807, 2.05) is 31.2 Å². The summed E-state index contributed by atoms with van der Waals surface area (Å²) < 4.78 is 2.41. The number of nitrogens with one attached hydrogen (secondary N) is 1. The van der Waals surface area contributed by atoms with Gasteiger partial charge in [0.2, 0.25) is 0 Å². The monoisotopic (exact) mass is 461 g/mol. The molecule has 0 fully saturated rings. The zero-order valence-electron chi connectivity index (χ0n) is 21.3. The van der Waals surface area contributed by atoms with Crippen molar-refractivity contribution in [3.63, 3.8) is 0 Å². The van der Waals surface area contributed by atoms with Crippen LogP contribution in [0.5, 0.6) is 0 Å². The smallest absolute Gasteiger partial charge is 0.251 e. The fourth-order valence-electron chi connectivity index (χ4n) is 4.69. The topological polar surface area (TPSA) is 46.9 Å². The number of carbonyl (C=O) groups excluding carboxylic acids is 1. The predicted octanol–water partition coefficient (Wildman–Crippen LogP) is 7.63. The molecule has 1 heterocycles. The van der Waals surface area contributed by atoms with Gasteiger partial charge in [-0.2, -0.15) is 0 Å². The molecule has 0 aliphatic carbocycles. The van der Waals surface area contributed by atoms with E-state index in [-0.39, 0.29) is 5.91 Å². The third-order valence-electron chi connectivity index (χ3n) is 6.72. The first-order valence-corrected chi connectivity index (χ1v) is 13.5.